The zero-order chi connectivity index (χ0) is 14.5. The van der Waals surface area contributed by atoms with Gasteiger partial charge in [-0.05, 0) is 30.5 Å². The zero-order valence-electron chi connectivity index (χ0n) is 11.1. The summed E-state index contributed by atoms with van der Waals surface area (Å²) in [4.78, 5) is 14.2. The SMILES string of the molecule is NC(CCN(C(=O)Cc1cccc(Cl)c1)C1CC1)=NO. The van der Waals surface area contributed by atoms with Crippen molar-refractivity contribution in [1.29, 1.82) is 0 Å². The topological polar surface area (TPSA) is 78.9 Å². The summed E-state index contributed by atoms with van der Waals surface area (Å²) in [6.07, 6.45) is 2.76. The molecule has 0 aromatic heterocycles. The quantitative estimate of drug-likeness (QED) is 0.365. The zero-order valence-corrected chi connectivity index (χ0v) is 11.9. The van der Waals surface area contributed by atoms with Crippen molar-refractivity contribution < 1.29 is 10.0 Å². The van der Waals surface area contributed by atoms with Gasteiger partial charge in [-0.3, -0.25) is 4.79 Å². The molecule has 0 radical (unpaired) electrons. The van der Waals surface area contributed by atoms with Crippen LogP contribution in [0.2, 0.25) is 5.02 Å². The van der Waals surface area contributed by atoms with Gasteiger partial charge < -0.3 is 15.8 Å². The van der Waals surface area contributed by atoms with E-state index < -0.39 is 0 Å². The van der Waals surface area contributed by atoms with Gasteiger partial charge in [-0.25, -0.2) is 0 Å². The maximum Gasteiger partial charge on any atom is 0.227 e. The highest BCUT2D eigenvalue weighted by molar-refractivity contribution is 6.30. The Hall–Kier alpha value is -1.75. The predicted molar refractivity (Wildman–Crippen MR) is 77.9 cm³/mol. The molecule has 0 heterocycles. The summed E-state index contributed by atoms with van der Waals surface area (Å²) in [5.41, 5.74) is 6.36. The number of oxime groups is 1. The Morgan fingerprint density at radius 2 is 2.25 bits per heavy atom. The lowest BCUT2D eigenvalue weighted by molar-refractivity contribution is -0.130. The van der Waals surface area contributed by atoms with Gasteiger partial charge in [-0.2, -0.15) is 0 Å². The van der Waals surface area contributed by atoms with Crippen LogP contribution in [0.4, 0.5) is 0 Å². The molecule has 0 bridgehead atoms. The molecule has 1 fully saturated rings. The second-order valence-electron chi connectivity index (χ2n) is 4.97. The van der Waals surface area contributed by atoms with Gasteiger partial charge >= 0.3 is 0 Å². The number of amidine groups is 1. The highest BCUT2D eigenvalue weighted by atomic mass is 35.5. The van der Waals surface area contributed by atoms with Crippen LogP contribution < -0.4 is 5.73 Å². The minimum atomic E-state index is 0.0560. The Kier molecular flexibility index (Phi) is 4.84. The lowest BCUT2D eigenvalue weighted by atomic mass is 10.1. The standard InChI is InChI=1S/C14H18ClN3O2/c15-11-3-1-2-10(8-11)9-14(19)18(12-4-5-12)7-6-13(16)17-20/h1-3,8,12,20H,4-7,9H2,(H2,16,17). The van der Waals surface area contributed by atoms with Crippen LogP contribution in [0, 0.1) is 0 Å². The third kappa shape index (κ3) is 4.13. The van der Waals surface area contributed by atoms with Gasteiger partial charge in [0, 0.05) is 24.0 Å². The number of rotatable bonds is 6. The number of benzene rings is 1. The van der Waals surface area contributed by atoms with Crippen LogP contribution in [0.3, 0.4) is 0 Å². The lowest BCUT2D eigenvalue weighted by Crippen LogP contribution is -2.36. The largest absolute Gasteiger partial charge is 0.409 e. The minimum Gasteiger partial charge on any atom is -0.409 e. The minimum absolute atomic E-state index is 0.0560. The molecule has 0 saturated heterocycles. The average Bonchev–Trinajstić information content (AvgIpc) is 3.23. The van der Waals surface area contributed by atoms with Crippen molar-refractivity contribution in [2.75, 3.05) is 6.54 Å². The number of carbonyl (C=O) groups is 1. The van der Waals surface area contributed by atoms with Crippen LogP contribution in [-0.2, 0) is 11.2 Å². The van der Waals surface area contributed by atoms with Crippen LogP contribution in [0.1, 0.15) is 24.8 Å². The molecule has 1 saturated carbocycles. The maximum absolute atomic E-state index is 12.3. The number of nitrogens with zero attached hydrogens (tertiary/aromatic N) is 2. The van der Waals surface area contributed by atoms with E-state index in [9.17, 15) is 4.79 Å². The van der Waals surface area contributed by atoms with Gasteiger partial charge in [-0.15, -0.1) is 0 Å². The second-order valence-corrected chi connectivity index (χ2v) is 5.40. The number of nitrogens with two attached hydrogens (primary N) is 1. The van der Waals surface area contributed by atoms with E-state index in [-0.39, 0.29) is 11.7 Å². The summed E-state index contributed by atoms with van der Waals surface area (Å²) >= 11 is 5.92. The number of hydrogen-bond acceptors (Lipinski definition) is 3. The van der Waals surface area contributed by atoms with E-state index in [1.807, 2.05) is 17.0 Å². The van der Waals surface area contributed by atoms with Crippen LogP contribution in [0.5, 0.6) is 0 Å². The van der Waals surface area contributed by atoms with Gasteiger partial charge in [0.25, 0.3) is 0 Å². The van der Waals surface area contributed by atoms with Gasteiger partial charge in [0.1, 0.15) is 5.84 Å². The molecule has 2 rings (SSSR count). The molecule has 3 N–H and O–H groups in total. The highest BCUT2D eigenvalue weighted by Gasteiger charge is 2.32. The van der Waals surface area contributed by atoms with Crippen LogP contribution >= 0.6 is 11.6 Å². The fourth-order valence-corrected chi connectivity index (χ4v) is 2.32. The van der Waals surface area contributed by atoms with E-state index in [0.29, 0.717) is 30.5 Å². The monoisotopic (exact) mass is 295 g/mol. The molecule has 0 unspecified atom stereocenters. The molecular formula is C14H18ClN3O2. The molecule has 1 aliphatic carbocycles. The summed E-state index contributed by atoms with van der Waals surface area (Å²) in [7, 11) is 0. The predicted octanol–water partition coefficient (Wildman–Crippen LogP) is 2.01. The smallest absolute Gasteiger partial charge is 0.227 e. The molecular weight excluding hydrogens is 278 g/mol. The molecule has 0 aliphatic heterocycles. The first-order valence-electron chi connectivity index (χ1n) is 6.60. The van der Waals surface area contributed by atoms with Gasteiger partial charge in [-0.1, -0.05) is 28.9 Å². The van der Waals surface area contributed by atoms with E-state index in [1.165, 1.54) is 0 Å². The summed E-state index contributed by atoms with van der Waals surface area (Å²) in [5.74, 6) is 0.201. The fraction of sp³-hybridized carbons (Fsp3) is 0.429. The van der Waals surface area contributed by atoms with E-state index in [2.05, 4.69) is 5.16 Å². The first kappa shape index (κ1) is 14.7. The van der Waals surface area contributed by atoms with E-state index in [4.69, 9.17) is 22.5 Å². The Morgan fingerprint density at radius 1 is 1.50 bits per heavy atom. The van der Waals surface area contributed by atoms with Gasteiger partial charge in [0.2, 0.25) is 5.91 Å². The van der Waals surface area contributed by atoms with Crippen molar-refractivity contribution in [3.05, 3.63) is 34.9 Å². The Balaban J connectivity index is 1.96. The first-order valence-corrected chi connectivity index (χ1v) is 6.98. The number of halogens is 1. The van der Waals surface area contributed by atoms with E-state index in [0.717, 1.165) is 18.4 Å². The summed E-state index contributed by atoms with van der Waals surface area (Å²) in [6, 6.07) is 7.61. The molecule has 6 heteroatoms. The van der Waals surface area contributed by atoms with Gasteiger partial charge in [0.15, 0.2) is 0 Å². The highest BCUT2D eigenvalue weighted by Crippen LogP contribution is 2.27. The molecule has 1 aromatic rings. The molecule has 1 amide bonds. The van der Waals surface area contributed by atoms with Crippen molar-refractivity contribution in [1.82, 2.24) is 4.90 Å². The molecule has 0 atom stereocenters. The third-order valence-electron chi connectivity index (χ3n) is 3.29. The normalized spacial score (nSPS) is 15.2. The molecule has 1 aliphatic rings. The average molecular weight is 296 g/mol. The lowest BCUT2D eigenvalue weighted by Gasteiger charge is -2.22. The Labute approximate surface area is 123 Å². The van der Waals surface area contributed by atoms with E-state index >= 15 is 0 Å². The number of hydrogen-bond donors (Lipinski definition) is 2. The summed E-state index contributed by atoms with van der Waals surface area (Å²) in [5, 5.41) is 12.1. The van der Waals surface area contributed by atoms with Crippen molar-refractivity contribution >= 4 is 23.3 Å². The summed E-state index contributed by atoms with van der Waals surface area (Å²) in [6.45, 7) is 0.486. The molecule has 20 heavy (non-hydrogen) atoms. The fourth-order valence-electron chi connectivity index (χ4n) is 2.11. The van der Waals surface area contributed by atoms with Crippen molar-refractivity contribution in [3.63, 3.8) is 0 Å². The van der Waals surface area contributed by atoms with Crippen molar-refractivity contribution in [3.8, 4) is 0 Å². The second kappa shape index (κ2) is 6.61. The molecule has 0 spiro atoms. The third-order valence-corrected chi connectivity index (χ3v) is 3.52. The first-order chi connectivity index (χ1) is 9.60. The molecule has 108 valence electrons. The van der Waals surface area contributed by atoms with Crippen LogP contribution in [0.15, 0.2) is 29.4 Å². The van der Waals surface area contributed by atoms with Gasteiger partial charge in [0.05, 0.1) is 6.42 Å². The van der Waals surface area contributed by atoms with Crippen LogP contribution in [-0.4, -0.2) is 34.4 Å². The number of carbonyl (C=O) groups excluding carboxylic acids is 1. The summed E-state index contributed by atoms with van der Waals surface area (Å²) < 4.78 is 0. The van der Waals surface area contributed by atoms with Crippen molar-refractivity contribution in [2.24, 2.45) is 10.9 Å². The Morgan fingerprint density at radius 3 is 2.85 bits per heavy atom. The van der Waals surface area contributed by atoms with Crippen LogP contribution in [0.25, 0.3) is 0 Å². The van der Waals surface area contributed by atoms with Crippen molar-refractivity contribution in [2.45, 2.75) is 31.7 Å². The number of amides is 1. The molecule has 1 aromatic carbocycles. The van der Waals surface area contributed by atoms with E-state index in [1.54, 1.807) is 12.1 Å². The molecule has 5 nitrogen and oxygen atoms in total. The Bertz CT molecular complexity index is 515. The maximum atomic E-state index is 12.3.